The quantitative estimate of drug-likeness (QED) is 0.770. The maximum absolute atomic E-state index is 9.18. The van der Waals surface area contributed by atoms with Crippen LogP contribution in [0.5, 0.6) is 11.5 Å². The lowest BCUT2D eigenvalue weighted by atomic mass is 10.3. The minimum absolute atomic E-state index is 0.431. The van der Waals surface area contributed by atoms with Crippen LogP contribution in [-0.2, 0) is 9.53 Å². The molecule has 2 aromatic carbocycles. The molecule has 0 amide bonds. The molecule has 0 atom stereocenters. The standard InChI is InChI=1S/C12H10O.C3H6O2/c1-3-7-11(8-4-1)13-12-9-5-2-6-10-12;1-2-5-3-4/h1-10H;3H,2H2,1H3. The highest BCUT2D eigenvalue weighted by molar-refractivity contribution is 5.36. The molecule has 0 N–H and O–H groups in total. The Morgan fingerprint density at radius 1 is 0.889 bits per heavy atom. The van der Waals surface area contributed by atoms with E-state index in [-0.39, 0.29) is 0 Å². The average molecular weight is 244 g/mol. The van der Waals surface area contributed by atoms with E-state index in [0.29, 0.717) is 13.1 Å². The van der Waals surface area contributed by atoms with E-state index in [1.807, 2.05) is 60.7 Å². The maximum Gasteiger partial charge on any atom is 0.293 e. The summed E-state index contributed by atoms with van der Waals surface area (Å²) in [5, 5.41) is 0. The van der Waals surface area contributed by atoms with Crippen molar-refractivity contribution in [1.82, 2.24) is 0 Å². The van der Waals surface area contributed by atoms with Gasteiger partial charge in [-0.25, -0.2) is 0 Å². The van der Waals surface area contributed by atoms with Gasteiger partial charge in [-0.1, -0.05) is 36.4 Å². The molecule has 0 radical (unpaired) electrons. The number of ether oxygens (including phenoxy) is 2. The topological polar surface area (TPSA) is 35.5 Å². The second kappa shape index (κ2) is 8.82. The van der Waals surface area contributed by atoms with Gasteiger partial charge in [0.05, 0.1) is 6.61 Å². The molecule has 3 nitrogen and oxygen atoms in total. The largest absolute Gasteiger partial charge is 0.468 e. The molecular formula is C15H16O3. The Kier molecular flexibility index (Phi) is 6.75. The molecule has 0 unspecified atom stereocenters. The van der Waals surface area contributed by atoms with Gasteiger partial charge in [0.25, 0.3) is 6.47 Å². The number of hydrogen-bond donors (Lipinski definition) is 0. The van der Waals surface area contributed by atoms with Gasteiger partial charge < -0.3 is 9.47 Å². The van der Waals surface area contributed by atoms with Crippen LogP contribution < -0.4 is 4.74 Å². The van der Waals surface area contributed by atoms with Crippen LogP contribution in [0.4, 0.5) is 0 Å². The summed E-state index contributed by atoms with van der Waals surface area (Å²) in [6, 6.07) is 19.5. The van der Waals surface area contributed by atoms with E-state index >= 15 is 0 Å². The lowest BCUT2D eigenvalue weighted by molar-refractivity contribution is -0.128. The highest BCUT2D eigenvalue weighted by Gasteiger charge is 1.92. The van der Waals surface area contributed by atoms with Gasteiger partial charge in [0, 0.05) is 0 Å². The molecule has 0 fully saturated rings. The van der Waals surface area contributed by atoms with Crippen LogP contribution in [0.15, 0.2) is 60.7 Å². The number of para-hydroxylation sites is 2. The van der Waals surface area contributed by atoms with Crippen LogP contribution in [0.25, 0.3) is 0 Å². The Bertz CT molecular complexity index is 389. The first-order valence-corrected chi connectivity index (χ1v) is 5.70. The van der Waals surface area contributed by atoms with Crippen LogP contribution in [0.2, 0.25) is 0 Å². The van der Waals surface area contributed by atoms with Gasteiger partial charge in [-0.05, 0) is 31.2 Å². The monoisotopic (exact) mass is 244 g/mol. The molecule has 0 saturated carbocycles. The zero-order chi connectivity index (χ0) is 13.1. The predicted molar refractivity (Wildman–Crippen MR) is 70.6 cm³/mol. The summed E-state index contributed by atoms with van der Waals surface area (Å²) < 4.78 is 9.73. The normalized spacial score (nSPS) is 8.72. The minimum Gasteiger partial charge on any atom is -0.468 e. The SMILES string of the molecule is CCOC=O.c1ccc(Oc2ccccc2)cc1. The Morgan fingerprint density at radius 3 is 1.61 bits per heavy atom. The van der Waals surface area contributed by atoms with E-state index in [0.717, 1.165) is 11.5 Å². The highest BCUT2D eigenvalue weighted by Crippen LogP contribution is 2.19. The van der Waals surface area contributed by atoms with Gasteiger partial charge in [0.1, 0.15) is 11.5 Å². The third kappa shape index (κ3) is 5.70. The fraction of sp³-hybridized carbons (Fsp3) is 0.133. The van der Waals surface area contributed by atoms with Crippen molar-refractivity contribution in [3.05, 3.63) is 60.7 Å². The molecule has 18 heavy (non-hydrogen) atoms. The fourth-order valence-corrected chi connectivity index (χ4v) is 1.18. The molecule has 3 heteroatoms. The summed E-state index contributed by atoms with van der Waals surface area (Å²) in [6.45, 7) is 2.66. The first-order chi connectivity index (χ1) is 8.86. The average Bonchev–Trinajstić information content (AvgIpc) is 2.43. The van der Waals surface area contributed by atoms with Crippen LogP contribution in [0.1, 0.15) is 6.92 Å². The van der Waals surface area contributed by atoms with E-state index in [1.54, 1.807) is 6.92 Å². The summed E-state index contributed by atoms with van der Waals surface area (Å²) >= 11 is 0. The van der Waals surface area contributed by atoms with E-state index in [1.165, 1.54) is 0 Å². The van der Waals surface area contributed by atoms with Crippen molar-refractivity contribution in [2.24, 2.45) is 0 Å². The van der Waals surface area contributed by atoms with E-state index in [9.17, 15) is 4.79 Å². The van der Waals surface area contributed by atoms with Gasteiger partial charge in [-0.15, -0.1) is 0 Å². The molecule has 0 aliphatic rings. The van der Waals surface area contributed by atoms with Crippen LogP contribution in [-0.4, -0.2) is 13.1 Å². The minimum atomic E-state index is 0.431. The maximum atomic E-state index is 9.18. The van der Waals surface area contributed by atoms with Crippen molar-refractivity contribution in [3.8, 4) is 11.5 Å². The zero-order valence-electron chi connectivity index (χ0n) is 10.3. The number of benzene rings is 2. The Morgan fingerprint density at radius 2 is 1.33 bits per heavy atom. The van der Waals surface area contributed by atoms with E-state index < -0.39 is 0 Å². The molecule has 0 spiro atoms. The molecule has 2 rings (SSSR count). The molecular weight excluding hydrogens is 228 g/mol. The number of carbonyl (C=O) groups excluding carboxylic acids is 1. The van der Waals surface area contributed by atoms with Crippen LogP contribution in [0.3, 0.4) is 0 Å². The first kappa shape index (κ1) is 13.8. The molecule has 0 aliphatic carbocycles. The molecule has 94 valence electrons. The molecule has 0 bridgehead atoms. The molecule has 0 aliphatic heterocycles. The fourth-order valence-electron chi connectivity index (χ4n) is 1.18. The summed E-state index contributed by atoms with van der Waals surface area (Å²) in [7, 11) is 0. The van der Waals surface area contributed by atoms with Crippen molar-refractivity contribution < 1.29 is 14.3 Å². The van der Waals surface area contributed by atoms with Crippen molar-refractivity contribution in [2.45, 2.75) is 6.92 Å². The number of carbonyl (C=O) groups is 1. The number of rotatable bonds is 4. The highest BCUT2D eigenvalue weighted by atomic mass is 16.5. The van der Waals surface area contributed by atoms with Crippen molar-refractivity contribution >= 4 is 6.47 Å². The van der Waals surface area contributed by atoms with Gasteiger partial charge in [0.15, 0.2) is 0 Å². The van der Waals surface area contributed by atoms with Gasteiger partial charge in [-0.3, -0.25) is 4.79 Å². The smallest absolute Gasteiger partial charge is 0.293 e. The predicted octanol–water partition coefficient (Wildman–Crippen LogP) is 3.66. The summed E-state index contributed by atoms with van der Waals surface area (Å²) in [5.41, 5.74) is 0. The Labute approximate surface area is 107 Å². The second-order valence-electron chi connectivity index (χ2n) is 3.28. The Hall–Kier alpha value is -2.29. The van der Waals surface area contributed by atoms with Gasteiger partial charge >= 0.3 is 0 Å². The molecule has 0 saturated heterocycles. The third-order valence-electron chi connectivity index (χ3n) is 1.96. The van der Waals surface area contributed by atoms with Gasteiger partial charge in [0.2, 0.25) is 0 Å². The van der Waals surface area contributed by atoms with E-state index in [2.05, 4.69) is 4.74 Å². The van der Waals surface area contributed by atoms with E-state index in [4.69, 9.17) is 4.74 Å². The van der Waals surface area contributed by atoms with Gasteiger partial charge in [-0.2, -0.15) is 0 Å². The lowest BCUT2D eigenvalue weighted by Gasteiger charge is -2.03. The van der Waals surface area contributed by atoms with Crippen LogP contribution in [0, 0.1) is 0 Å². The number of hydrogen-bond acceptors (Lipinski definition) is 3. The Balaban J connectivity index is 0.000000280. The van der Waals surface area contributed by atoms with Crippen molar-refractivity contribution in [3.63, 3.8) is 0 Å². The second-order valence-corrected chi connectivity index (χ2v) is 3.28. The molecule has 2 aromatic rings. The molecule has 0 heterocycles. The first-order valence-electron chi connectivity index (χ1n) is 5.70. The van der Waals surface area contributed by atoms with Crippen LogP contribution >= 0.6 is 0 Å². The zero-order valence-corrected chi connectivity index (χ0v) is 10.3. The third-order valence-corrected chi connectivity index (χ3v) is 1.96. The summed E-state index contributed by atoms with van der Waals surface area (Å²) in [5.74, 6) is 1.74. The van der Waals surface area contributed by atoms with Crippen molar-refractivity contribution in [1.29, 1.82) is 0 Å². The lowest BCUT2D eigenvalue weighted by Crippen LogP contribution is -1.81. The summed E-state index contributed by atoms with van der Waals surface area (Å²) in [6.07, 6.45) is 0. The van der Waals surface area contributed by atoms with Crippen molar-refractivity contribution in [2.75, 3.05) is 6.61 Å². The molecule has 0 aromatic heterocycles. The summed E-state index contributed by atoms with van der Waals surface area (Å²) in [4.78, 5) is 9.18.